The smallest absolute Gasteiger partial charge is 0.214 e. The predicted molar refractivity (Wildman–Crippen MR) is 93.0 cm³/mol. The topological polar surface area (TPSA) is 62.1 Å². The molecule has 0 fully saturated rings. The first-order valence-corrected chi connectivity index (χ1v) is 8.39. The molecule has 0 amide bonds. The highest BCUT2D eigenvalue weighted by Crippen LogP contribution is 2.28. The number of aromatic nitrogens is 4. The Hall–Kier alpha value is -2.54. The van der Waals surface area contributed by atoms with E-state index in [-0.39, 0.29) is 0 Å². The molecule has 0 atom stereocenters. The first-order chi connectivity index (χ1) is 11.7. The number of methoxy groups -OCH3 is 2. The van der Waals surface area contributed by atoms with Crippen LogP contribution >= 0.6 is 11.8 Å². The molecule has 0 aliphatic heterocycles. The van der Waals surface area contributed by atoms with Gasteiger partial charge in [-0.1, -0.05) is 30.0 Å². The van der Waals surface area contributed by atoms with Gasteiger partial charge in [-0.25, -0.2) is 0 Å². The summed E-state index contributed by atoms with van der Waals surface area (Å²) in [6.07, 6.45) is 0. The summed E-state index contributed by atoms with van der Waals surface area (Å²) in [6.45, 7) is 2.02. The summed E-state index contributed by atoms with van der Waals surface area (Å²) in [5, 5.41) is 12.8. The Balaban J connectivity index is 1.84. The molecule has 0 aliphatic carbocycles. The lowest BCUT2D eigenvalue weighted by atomic mass is 10.2. The summed E-state index contributed by atoms with van der Waals surface area (Å²) >= 11 is 1.56. The SMILES string of the molecule is COc1cccc(CSc2nnnn2-c2cc(C)ccc2OC)c1. The Morgan fingerprint density at radius 1 is 1.08 bits per heavy atom. The Bertz CT molecular complexity index is 835. The van der Waals surface area contributed by atoms with E-state index in [1.807, 2.05) is 43.3 Å². The highest BCUT2D eigenvalue weighted by molar-refractivity contribution is 7.98. The lowest BCUT2D eigenvalue weighted by molar-refractivity contribution is 0.410. The molecule has 0 saturated heterocycles. The van der Waals surface area contributed by atoms with Crippen LogP contribution in [0, 0.1) is 6.92 Å². The highest BCUT2D eigenvalue weighted by atomic mass is 32.2. The maximum Gasteiger partial charge on any atom is 0.214 e. The first-order valence-electron chi connectivity index (χ1n) is 7.40. The predicted octanol–water partition coefficient (Wildman–Crippen LogP) is 3.28. The Kier molecular flexibility index (Phi) is 5.00. The van der Waals surface area contributed by atoms with Crippen molar-refractivity contribution in [1.29, 1.82) is 0 Å². The van der Waals surface area contributed by atoms with E-state index in [0.717, 1.165) is 34.1 Å². The van der Waals surface area contributed by atoms with Crippen molar-refractivity contribution in [1.82, 2.24) is 20.2 Å². The molecule has 0 radical (unpaired) electrons. The fourth-order valence-electron chi connectivity index (χ4n) is 2.30. The van der Waals surface area contributed by atoms with Gasteiger partial charge in [0.05, 0.1) is 14.2 Å². The van der Waals surface area contributed by atoms with Crippen LogP contribution in [-0.4, -0.2) is 34.4 Å². The molecule has 1 aromatic heterocycles. The molecule has 0 saturated carbocycles. The zero-order chi connectivity index (χ0) is 16.9. The van der Waals surface area contributed by atoms with Gasteiger partial charge in [-0.15, -0.1) is 5.10 Å². The molecule has 0 N–H and O–H groups in total. The number of tetrazole rings is 1. The lowest BCUT2D eigenvalue weighted by Gasteiger charge is -2.10. The summed E-state index contributed by atoms with van der Waals surface area (Å²) in [4.78, 5) is 0. The Labute approximate surface area is 144 Å². The average Bonchev–Trinajstić information content (AvgIpc) is 3.08. The molecule has 3 rings (SSSR count). The van der Waals surface area contributed by atoms with Crippen LogP contribution in [0.2, 0.25) is 0 Å². The summed E-state index contributed by atoms with van der Waals surface area (Å²) < 4.78 is 12.4. The molecule has 1 heterocycles. The van der Waals surface area contributed by atoms with Gasteiger partial charge in [0.1, 0.15) is 17.2 Å². The summed E-state index contributed by atoms with van der Waals surface area (Å²) in [5.74, 6) is 2.32. The number of hydrogen-bond donors (Lipinski definition) is 0. The summed E-state index contributed by atoms with van der Waals surface area (Å²) in [5.41, 5.74) is 3.09. The Morgan fingerprint density at radius 3 is 2.75 bits per heavy atom. The number of rotatable bonds is 6. The van der Waals surface area contributed by atoms with E-state index in [2.05, 4.69) is 21.6 Å². The molecule has 24 heavy (non-hydrogen) atoms. The van der Waals surface area contributed by atoms with Crippen molar-refractivity contribution in [3.05, 3.63) is 53.6 Å². The fraction of sp³-hybridized carbons (Fsp3) is 0.235. The minimum absolute atomic E-state index is 0.710. The van der Waals surface area contributed by atoms with Crippen molar-refractivity contribution in [3.8, 4) is 17.2 Å². The molecule has 0 aliphatic rings. The maximum absolute atomic E-state index is 5.43. The second-order valence-corrected chi connectivity index (χ2v) is 6.13. The van der Waals surface area contributed by atoms with Gasteiger partial charge < -0.3 is 9.47 Å². The lowest BCUT2D eigenvalue weighted by Crippen LogP contribution is -2.02. The third kappa shape index (κ3) is 3.51. The van der Waals surface area contributed by atoms with Gasteiger partial charge >= 0.3 is 0 Å². The molecule has 0 unspecified atom stereocenters. The van der Waals surface area contributed by atoms with E-state index in [9.17, 15) is 0 Å². The zero-order valence-electron chi connectivity index (χ0n) is 13.8. The fourth-order valence-corrected chi connectivity index (χ4v) is 3.12. The van der Waals surface area contributed by atoms with Crippen LogP contribution in [0.5, 0.6) is 11.5 Å². The second kappa shape index (κ2) is 7.35. The second-order valence-electron chi connectivity index (χ2n) is 5.19. The molecule has 3 aromatic rings. The number of hydrogen-bond acceptors (Lipinski definition) is 6. The molecule has 2 aromatic carbocycles. The number of benzene rings is 2. The van der Waals surface area contributed by atoms with E-state index >= 15 is 0 Å². The van der Waals surface area contributed by atoms with Gasteiger partial charge in [0, 0.05) is 5.75 Å². The van der Waals surface area contributed by atoms with Gasteiger partial charge in [0.25, 0.3) is 0 Å². The minimum Gasteiger partial charge on any atom is -0.497 e. The third-order valence-electron chi connectivity index (χ3n) is 3.51. The molecule has 7 heteroatoms. The van der Waals surface area contributed by atoms with Gasteiger partial charge in [0.2, 0.25) is 5.16 Å². The standard InChI is InChI=1S/C17H18N4O2S/c1-12-7-8-16(23-3)15(9-12)21-17(18-19-20-21)24-11-13-5-4-6-14(10-13)22-2/h4-10H,11H2,1-3H3. The van der Waals surface area contributed by atoms with Gasteiger partial charge in [-0.2, -0.15) is 4.68 Å². The summed E-state index contributed by atoms with van der Waals surface area (Å²) in [6, 6.07) is 13.9. The van der Waals surface area contributed by atoms with Crippen molar-refractivity contribution in [2.45, 2.75) is 17.8 Å². The third-order valence-corrected chi connectivity index (χ3v) is 4.50. The van der Waals surface area contributed by atoms with Crippen molar-refractivity contribution >= 4 is 11.8 Å². The van der Waals surface area contributed by atoms with Gasteiger partial charge in [0.15, 0.2) is 0 Å². The highest BCUT2D eigenvalue weighted by Gasteiger charge is 2.14. The largest absolute Gasteiger partial charge is 0.497 e. The molecule has 0 spiro atoms. The number of aryl methyl sites for hydroxylation is 1. The molecule has 0 bridgehead atoms. The van der Waals surface area contributed by atoms with E-state index in [1.54, 1.807) is 30.7 Å². The van der Waals surface area contributed by atoms with E-state index in [0.29, 0.717) is 5.16 Å². The van der Waals surface area contributed by atoms with Crippen molar-refractivity contribution in [3.63, 3.8) is 0 Å². The molecular formula is C17H18N4O2S. The quantitative estimate of drug-likeness (QED) is 0.641. The zero-order valence-corrected chi connectivity index (χ0v) is 14.6. The van der Waals surface area contributed by atoms with Crippen LogP contribution in [0.1, 0.15) is 11.1 Å². The molecule has 6 nitrogen and oxygen atoms in total. The van der Waals surface area contributed by atoms with Crippen molar-refractivity contribution in [2.24, 2.45) is 0 Å². The number of nitrogens with zero attached hydrogens (tertiary/aromatic N) is 4. The number of thioether (sulfide) groups is 1. The van der Waals surface area contributed by atoms with Crippen LogP contribution in [0.25, 0.3) is 5.69 Å². The van der Waals surface area contributed by atoms with E-state index in [4.69, 9.17) is 9.47 Å². The van der Waals surface area contributed by atoms with Crippen LogP contribution in [0.3, 0.4) is 0 Å². The van der Waals surface area contributed by atoms with Crippen molar-refractivity contribution < 1.29 is 9.47 Å². The minimum atomic E-state index is 0.710. The van der Waals surface area contributed by atoms with Crippen LogP contribution < -0.4 is 9.47 Å². The van der Waals surface area contributed by atoms with Crippen LogP contribution in [-0.2, 0) is 5.75 Å². The monoisotopic (exact) mass is 342 g/mol. The maximum atomic E-state index is 5.43. The Morgan fingerprint density at radius 2 is 1.96 bits per heavy atom. The van der Waals surface area contributed by atoms with Crippen LogP contribution in [0.15, 0.2) is 47.6 Å². The normalized spacial score (nSPS) is 10.6. The van der Waals surface area contributed by atoms with Crippen molar-refractivity contribution in [2.75, 3.05) is 14.2 Å². The summed E-state index contributed by atoms with van der Waals surface area (Å²) in [7, 11) is 3.30. The number of ether oxygens (including phenoxy) is 2. The van der Waals surface area contributed by atoms with Crippen LogP contribution in [0.4, 0.5) is 0 Å². The first kappa shape index (κ1) is 16.3. The molecule has 124 valence electrons. The average molecular weight is 342 g/mol. The molecular weight excluding hydrogens is 324 g/mol. The van der Waals surface area contributed by atoms with E-state index in [1.165, 1.54) is 0 Å². The van der Waals surface area contributed by atoms with E-state index < -0.39 is 0 Å². The van der Waals surface area contributed by atoms with Gasteiger partial charge in [-0.05, 0) is 52.7 Å². The van der Waals surface area contributed by atoms with Gasteiger partial charge in [-0.3, -0.25) is 0 Å².